The molecule has 0 fully saturated rings. The highest BCUT2D eigenvalue weighted by Crippen LogP contribution is 2.10. The summed E-state index contributed by atoms with van der Waals surface area (Å²) in [5, 5.41) is 8.99. The number of carboxylic acid groups (broad SMARTS) is 1. The van der Waals surface area contributed by atoms with Crippen LogP contribution < -0.4 is 10.3 Å². The molecule has 8 heteroatoms. The van der Waals surface area contributed by atoms with E-state index in [1.807, 2.05) is 0 Å². The molecule has 2 aromatic rings. The number of benzene rings is 1. The van der Waals surface area contributed by atoms with Crippen LogP contribution in [0, 0.1) is 6.92 Å². The molecule has 1 aromatic heterocycles. The number of pyridine rings is 1. The van der Waals surface area contributed by atoms with Gasteiger partial charge >= 0.3 is 6.09 Å². The van der Waals surface area contributed by atoms with Crippen LogP contribution in [0.2, 0.25) is 0 Å². The largest absolute Gasteiger partial charge is 0.464 e. The molecular formula is C14H14N2O5S. The highest BCUT2D eigenvalue weighted by molar-refractivity contribution is 7.91. The first-order chi connectivity index (χ1) is 10.3. The molecule has 7 nitrogen and oxygen atoms in total. The fourth-order valence-electron chi connectivity index (χ4n) is 1.94. The Morgan fingerprint density at radius 3 is 2.41 bits per heavy atom. The van der Waals surface area contributed by atoms with Crippen LogP contribution in [0.5, 0.6) is 0 Å². The van der Waals surface area contributed by atoms with Crippen LogP contribution in [0.25, 0.3) is 0 Å². The first-order valence-corrected chi connectivity index (χ1v) is 7.96. The third-order valence-electron chi connectivity index (χ3n) is 2.93. The van der Waals surface area contributed by atoms with Crippen molar-refractivity contribution in [2.45, 2.75) is 12.7 Å². The quantitative estimate of drug-likeness (QED) is 0.890. The summed E-state index contributed by atoms with van der Waals surface area (Å²) in [5.74, 6) is -0.311. The molecule has 2 rings (SSSR count). The Labute approximate surface area is 126 Å². The maximum Gasteiger partial charge on any atom is 0.418 e. The summed E-state index contributed by atoms with van der Waals surface area (Å²) in [5.41, 5.74) is -0.475. The molecule has 0 saturated heterocycles. The van der Waals surface area contributed by atoms with Crippen molar-refractivity contribution in [1.82, 2.24) is 4.57 Å². The summed E-state index contributed by atoms with van der Waals surface area (Å²) in [6.45, 7) is 1.44. The Hall–Kier alpha value is -2.61. The number of aromatic nitrogens is 1. The first-order valence-electron chi connectivity index (χ1n) is 6.30. The normalized spacial score (nSPS) is 11.1. The number of nitrogens with zero attached hydrogens (tertiary/aromatic N) is 1. The second kappa shape index (κ2) is 6.02. The zero-order valence-electron chi connectivity index (χ0n) is 11.7. The molecule has 0 unspecified atom stereocenters. The molecule has 1 aromatic carbocycles. The van der Waals surface area contributed by atoms with Gasteiger partial charge in [0.1, 0.15) is 5.69 Å². The van der Waals surface area contributed by atoms with Crippen LogP contribution in [0.1, 0.15) is 11.3 Å². The summed E-state index contributed by atoms with van der Waals surface area (Å²) < 4.78 is 26.8. The topological polar surface area (TPSA) is 105 Å². The lowest BCUT2D eigenvalue weighted by Gasteiger charge is -2.10. The fraction of sp³-hybridized carbons (Fsp3) is 0.143. The van der Waals surface area contributed by atoms with E-state index in [1.165, 1.54) is 19.1 Å². The summed E-state index contributed by atoms with van der Waals surface area (Å²) >= 11 is 0. The number of hydrogen-bond donors (Lipinski definition) is 2. The van der Waals surface area contributed by atoms with E-state index in [2.05, 4.69) is 4.72 Å². The van der Waals surface area contributed by atoms with Crippen molar-refractivity contribution in [3.05, 3.63) is 64.1 Å². The zero-order valence-corrected chi connectivity index (χ0v) is 12.5. The lowest BCUT2D eigenvalue weighted by molar-refractivity contribution is 0.194. The van der Waals surface area contributed by atoms with Gasteiger partial charge in [-0.15, -0.1) is 0 Å². The van der Waals surface area contributed by atoms with Gasteiger partial charge in [0.25, 0.3) is 5.56 Å². The molecule has 0 bridgehead atoms. The van der Waals surface area contributed by atoms with Gasteiger partial charge < -0.3 is 5.11 Å². The van der Waals surface area contributed by atoms with Gasteiger partial charge in [-0.1, -0.05) is 30.3 Å². The number of anilines is 1. The van der Waals surface area contributed by atoms with Gasteiger partial charge in [0.05, 0.1) is 5.75 Å². The fourth-order valence-corrected chi connectivity index (χ4v) is 3.14. The number of nitrogens with one attached hydrogen (secondary N) is 1. The molecule has 1 heterocycles. The van der Waals surface area contributed by atoms with E-state index in [0.29, 0.717) is 10.1 Å². The molecule has 0 aliphatic rings. The van der Waals surface area contributed by atoms with Crippen LogP contribution >= 0.6 is 0 Å². The third-order valence-corrected chi connectivity index (χ3v) is 4.18. The zero-order chi connectivity index (χ0) is 16.3. The summed E-state index contributed by atoms with van der Waals surface area (Å²) in [4.78, 5) is 23.1. The lowest BCUT2D eigenvalue weighted by Crippen LogP contribution is -2.31. The monoisotopic (exact) mass is 322 g/mol. The van der Waals surface area contributed by atoms with Crippen molar-refractivity contribution in [3.63, 3.8) is 0 Å². The van der Waals surface area contributed by atoms with Gasteiger partial charge in [-0.2, -0.15) is 0 Å². The second-order valence-corrected chi connectivity index (χ2v) is 6.38. The molecule has 0 aliphatic carbocycles. The van der Waals surface area contributed by atoms with Crippen LogP contribution in [-0.2, 0) is 15.8 Å². The maximum atomic E-state index is 12.1. The minimum atomic E-state index is -3.82. The van der Waals surface area contributed by atoms with Gasteiger partial charge in [-0.25, -0.2) is 17.8 Å². The molecule has 2 N–H and O–H groups in total. The van der Waals surface area contributed by atoms with Gasteiger partial charge in [0, 0.05) is 5.69 Å². The predicted molar refractivity (Wildman–Crippen MR) is 81.6 cm³/mol. The number of rotatable bonds is 4. The summed E-state index contributed by atoms with van der Waals surface area (Å²) in [7, 11) is -3.82. The molecule has 0 atom stereocenters. The van der Waals surface area contributed by atoms with Crippen molar-refractivity contribution >= 4 is 21.8 Å². The smallest absolute Gasteiger partial charge is 0.418 e. The highest BCUT2D eigenvalue weighted by atomic mass is 32.2. The molecular weight excluding hydrogens is 308 g/mol. The summed E-state index contributed by atoms with van der Waals surface area (Å²) in [6.07, 6.45) is -1.47. The molecule has 116 valence electrons. The van der Waals surface area contributed by atoms with E-state index in [4.69, 9.17) is 5.11 Å². The second-order valence-electron chi connectivity index (χ2n) is 4.66. The van der Waals surface area contributed by atoms with E-state index in [0.717, 1.165) is 0 Å². The Morgan fingerprint density at radius 2 is 1.82 bits per heavy atom. The van der Waals surface area contributed by atoms with Crippen molar-refractivity contribution < 1.29 is 18.3 Å². The third kappa shape index (κ3) is 3.53. The van der Waals surface area contributed by atoms with Crippen molar-refractivity contribution in [2.24, 2.45) is 0 Å². The molecule has 0 radical (unpaired) electrons. The Bertz CT molecular complexity index is 857. The molecule has 0 aliphatic heterocycles. The van der Waals surface area contributed by atoms with Gasteiger partial charge in [0.2, 0.25) is 10.0 Å². The number of sulfonamides is 1. The van der Waals surface area contributed by atoms with Crippen molar-refractivity contribution in [1.29, 1.82) is 0 Å². The molecule has 0 spiro atoms. The first kappa shape index (κ1) is 15.8. The Kier molecular flexibility index (Phi) is 4.32. The molecule has 0 saturated carbocycles. The van der Waals surface area contributed by atoms with Crippen LogP contribution in [-0.4, -0.2) is 24.2 Å². The van der Waals surface area contributed by atoms with Crippen LogP contribution in [0.4, 0.5) is 10.5 Å². The van der Waals surface area contributed by atoms with Gasteiger partial charge in [-0.05, 0) is 24.6 Å². The van der Waals surface area contributed by atoms with E-state index in [1.54, 1.807) is 30.3 Å². The van der Waals surface area contributed by atoms with Crippen molar-refractivity contribution in [3.8, 4) is 0 Å². The average Bonchev–Trinajstić information content (AvgIpc) is 2.42. The Morgan fingerprint density at radius 1 is 1.18 bits per heavy atom. The highest BCUT2D eigenvalue weighted by Gasteiger charge is 2.17. The molecule has 22 heavy (non-hydrogen) atoms. The number of carbonyl (C=O) groups is 1. The lowest BCUT2D eigenvalue weighted by atomic mass is 10.2. The minimum Gasteiger partial charge on any atom is -0.464 e. The maximum absolute atomic E-state index is 12.1. The van der Waals surface area contributed by atoms with Crippen molar-refractivity contribution in [2.75, 3.05) is 4.72 Å². The standard InChI is InChI=1S/C14H14N2O5S/c1-10-7-8-12(13(17)16(10)14(18)19)15-22(20,21)9-11-5-3-2-4-6-11/h2-8,15H,9H2,1H3,(H,18,19). The van der Waals surface area contributed by atoms with E-state index < -0.39 is 21.7 Å². The molecule has 0 amide bonds. The van der Waals surface area contributed by atoms with Crippen LogP contribution in [0.15, 0.2) is 47.3 Å². The SMILES string of the molecule is Cc1ccc(NS(=O)(=O)Cc2ccccc2)c(=O)n1C(=O)O. The van der Waals surface area contributed by atoms with E-state index in [-0.39, 0.29) is 17.1 Å². The summed E-state index contributed by atoms with van der Waals surface area (Å²) in [6, 6.07) is 11.1. The predicted octanol–water partition coefficient (Wildman–Crippen LogP) is 1.62. The number of hydrogen-bond acceptors (Lipinski definition) is 4. The van der Waals surface area contributed by atoms with Crippen LogP contribution in [0.3, 0.4) is 0 Å². The number of aryl methyl sites for hydroxylation is 1. The van der Waals surface area contributed by atoms with Gasteiger partial charge in [0.15, 0.2) is 0 Å². The van der Waals surface area contributed by atoms with E-state index in [9.17, 15) is 18.0 Å². The van der Waals surface area contributed by atoms with Gasteiger partial charge in [-0.3, -0.25) is 9.52 Å². The van der Waals surface area contributed by atoms with E-state index >= 15 is 0 Å². The average molecular weight is 322 g/mol. The Balaban J connectivity index is 2.33. The minimum absolute atomic E-state index is 0.198.